The quantitative estimate of drug-likeness (QED) is 0.118. The third-order valence-corrected chi connectivity index (χ3v) is 14.7. The van der Waals surface area contributed by atoms with Crippen LogP contribution in [0, 0.1) is 35.5 Å². The van der Waals surface area contributed by atoms with Gasteiger partial charge >= 0.3 is 5.97 Å². The second-order valence-electron chi connectivity index (χ2n) is 19.8. The Balaban J connectivity index is 1.70. The van der Waals surface area contributed by atoms with Crippen LogP contribution < -0.4 is 0 Å². The van der Waals surface area contributed by atoms with Gasteiger partial charge in [-0.2, -0.15) is 0 Å². The third-order valence-electron chi connectivity index (χ3n) is 14.7. The second kappa shape index (κ2) is 26.2. The number of allylic oxidation sites excluding steroid dienone is 6. The van der Waals surface area contributed by atoms with Gasteiger partial charge in [-0.3, -0.25) is 24.0 Å². The lowest BCUT2D eigenvalue weighted by atomic mass is 9.78. The van der Waals surface area contributed by atoms with Crippen molar-refractivity contribution in [2.75, 3.05) is 27.9 Å². The molecule has 1 amide bonds. The number of methoxy groups -OCH3 is 3. The van der Waals surface area contributed by atoms with Crippen molar-refractivity contribution in [3.05, 3.63) is 47.6 Å². The summed E-state index contributed by atoms with van der Waals surface area (Å²) in [7, 11) is 4.51. The molecule has 0 aromatic carbocycles. The number of aliphatic hydroxyl groups is 2. The lowest BCUT2D eigenvalue weighted by Crippen LogP contribution is -2.61. The molecular weight excluding hydrogens is 863 g/mol. The van der Waals surface area contributed by atoms with Crippen molar-refractivity contribution in [1.29, 1.82) is 0 Å². The van der Waals surface area contributed by atoms with Crippen molar-refractivity contribution in [3.63, 3.8) is 0 Å². The van der Waals surface area contributed by atoms with Crippen molar-refractivity contribution in [3.8, 4) is 0 Å². The summed E-state index contributed by atoms with van der Waals surface area (Å²) in [6.07, 6.45) is 11.2. The fourth-order valence-electron chi connectivity index (χ4n) is 10.3. The van der Waals surface area contributed by atoms with Gasteiger partial charge in [-0.05, 0) is 107 Å². The largest absolute Gasteiger partial charge is 0.462 e. The number of hydrogen-bond acceptors (Lipinski definition) is 14. The Kier molecular flexibility index (Phi) is 21.8. The summed E-state index contributed by atoms with van der Waals surface area (Å²) in [5, 5.41) is 23.4. The van der Waals surface area contributed by atoms with Gasteiger partial charge in [-0.15, -0.1) is 0 Å². The third kappa shape index (κ3) is 14.8. The van der Waals surface area contributed by atoms with Gasteiger partial charge in [0.05, 0.1) is 18.3 Å². The molecule has 376 valence electrons. The van der Waals surface area contributed by atoms with E-state index in [0.717, 1.165) is 5.57 Å². The highest BCUT2D eigenvalue weighted by molar-refractivity contribution is 6.39. The van der Waals surface area contributed by atoms with Crippen LogP contribution >= 0.6 is 0 Å². The molecule has 4 rings (SSSR count). The van der Waals surface area contributed by atoms with Crippen LogP contribution in [0.3, 0.4) is 0 Å². The van der Waals surface area contributed by atoms with E-state index < -0.39 is 77.8 Å². The van der Waals surface area contributed by atoms with E-state index in [-0.39, 0.29) is 60.9 Å². The summed E-state index contributed by atoms with van der Waals surface area (Å²) in [5.41, 5.74) is 1.25. The standard InChI is InChI=1S/C52H79NO14/c1-31-16-12-11-13-17-32(2)43(62-8)28-39-21-19-37(7)52(61,67-39)49(58)50(59)53-23-15-14-18-40(53)51(60)66-44(34(4)26-38-20-22-42(65-30-54)45(27-38)63-9)29-41(55)33(3)25-36(6)47(57)48(64-10)46(56)35(5)24-31/h11-13,16-17,25,30-31,33-35,37-40,42-45,47-48,57,61H,14-15,18-24,26-29H2,1-10H3/t31-,33-,34-,35-,37-,38+,39?,40+,42-,43+,44?,45-,47-,48+,52?/m1/s1. The Morgan fingerprint density at radius 1 is 0.866 bits per heavy atom. The molecule has 4 aliphatic rings. The lowest BCUT2D eigenvalue weighted by Gasteiger charge is -2.42. The molecule has 0 spiro atoms. The molecule has 2 N–H and O–H groups in total. The topological polar surface area (TPSA) is 201 Å². The second-order valence-corrected chi connectivity index (χ2v) is 19.8. The zero-order valence-electron chi connectivity index (χ0n) is 41.6. The number of ketones is 3. The summed E-state index contributed by atoms with van der Waals surface area (Å²) in [4.78, 5) is 83.1. The highest BCUT2D eigenvalue weighted by Gasteiger charge is 2.53. The van der Waals surface area contributed by atoms with Gasteiger partial charge < -0.3 is 43.5 Å². The van der Waals surface area contributed by atoms with Crippen LogP contribution in [0.5, 0.6) is 0 Å². The Morgan fingerprint density at radius 2 is 1.60 bits per heavy atom. The van der Waals surface area contributed by atoms with E-state index in [9.17, 15) is 39.0 Å². The predicted octanol–water partition coefficient (Wildman–Crippen LogP) is 6.36. The zero-order valence-corrected chi connectivity index (χ0v) is 41.6. The average Bonchev–Trinajstić information content (AvgIpc) is 3.30. The minimum atomic E-state index is -2.44. The smallest absolute Gasteiger partial charge is 0.329 e. The van der Waals surface area contributed by atoms with E-state index in [1.807, 2.05) is 58.1 Å². The molecular formula is C52H79NO14. The van der Waals surface area contributed by atoms with Crippen LogP contribution in [0.4, 0.5) is 0 Å². The van der Waals surface area contributed by atoms with E-state index >= 15 is 0 Å². The summed E-state index contributed by atoms with van der Waals surface area (Å²) < 4.78 is 34.8. The first-order valence-corrected chi connectivity index (χ1v) is 24.4. The van der Waals surface area contributed by atoms with Crippen molar-refractivity contribution >= 4 is 35.7 Å². The lowest BCUT2D eigenvalue weighted by molar-refractivity contribution is -0.265. The molecule has 3 fully saturated rings. The first kappa shape index (κ1) is 55.7. The molecule has 1 aliphatic carbocycles. The van der Waals surface area contributed by atoms with E-state index in [1.165, 1.54) is 12.0 Å². The molecule has 67 heavy (non-hydrogen) atoms. The number of ether oxygens (including phenoxy) is 6. The number of carbonyl (C=O) groups is 6. The normalized spacial score (nSPS) is 36.9. The number of aliphatic hydroxyl groups excluding tert-OH is 1. The minimum Gasteiger partial charge on any atom is -0.462 e. The molecule has 15 nitrogen and oxygen atoms in total. The predicted molar refractivity (Wildman–Crippen MR) is 250 cm³/mol. The maximum atomic E-state index is 14.4. The summed E-state index contributed by atoms with van der Waals surface area (Å²) in [6.45, 7) is 13.1. The first-order chi connectivity index (χ1) is 31.8. The summed E-state index contributed by atoms with van der Waals surface area (Å²) >= 11 is 0. The zero-order chi connectivity index (χ0) is 49.6. The van der Waals surface area contributed by atoms with E-state index in [1.54, 1.807) is 41.1 Å². The SMILES string of the molecule is CO[C@H]1CC2CC[C@@H](C)C(O)(O2)C(=O)C(=O)N2CCCC[C@H]2C(=O)OC([C@H](C)C[C@@H]2CC[C@@H](OC=O)[C@H](OC)C2)CC(=O)[C@H](C)C=C(C)[C@@H](O)[C@@H](OC)C(=O)[C@H](C)C[C@H](C)C=CC=CC=C1C. The van der Waals surface area contributed by atoms with E-state index in [2.05, 4.69) is 0 Å². The van der Waals surface area contributed by atoms with Gasteiger partial charge in [0.2, 0.25) is 5.79 Å². The highest BCUT2D eigenvalue weighted by atomic mass is 16.6. The maximum absolute atomic E-state index is 14.4. The van der Waals surface area contributed by atoms with Crippen LogP contribution in [0.2, 0.25) is 0 Å². The maximum Gasteiger partial charge on any atom is 0.329 e. The number of carbonyl (C=O) groups excluding carboxylic acids is 6. The molecule has 15 atom stereocenters. The van der Waals surface area contributed by atoms with Gasteiger partial charge in [0.1, 0.15) is 36.2 Å². The Hall–Kier alpha value is -3.86. The van der Waals surface area contributed by atoms with Gasteiger partial charge in [-0.25, -0.2) is 4.79 Å². The Morgan fingerprint density at radius 3 is 2.27 bits per heavy atom. The fraction of sp³-hybridized carbons (Fsp3) is 0.731. The summed E-state index contributed by atoms with van der Waals surface area (Å²) in [6, 6.07) is -1.16. The number of esters is 1. The Bertz CT molecular complexity index is 1820. The number of cyclic esters (lactones) is 1. The van der Waals surface area contributed by atoms with Crippen LogP contribution in [-0.2, 0) is 57.2 Å². The number of Topliss-reactive ketones (excluding diaryl/α,β-unsaturated/α-hetero) is 3. The van der Waals surface area contributed by atoms with Crippen molar-refractivity contribution in [1.82, 2.24) is 4.90 Å². The number of rotatable bonds is 8. The minimum absolute atomic E-state index is 0.0117. The van der Waals surface area contributed by atoms with E-state index in [0.29, 0.717) is 76.3 Å². The van der Waals surface area contributed by atoms with Crippen LogP contribution in [0.15, 0.2) is 47.6 Å². The van der Waals surface area contributed by atoms with Crippen LogP contribution in [-0.4, -0.2) is 133 Å². The summed E-state index contributed by atoms with van der Waals surface area (Å²) in [5.74, 6) is -8.14. The molecule has 0 aromatic rings. The molecule has 3 heterocycles. The molecule has 2 saturated heterocycles. The number of piperidine rings is 1. The first-order valence-electron chi connectivity index (χ1n) is 24.4. The molecule has 15 heteroatoms. The molecule has 2 bridgehead atoms. The number of fused-ring (bicyclic) bond motifs is 3. The Labute approximate surface area is 398 Å². The molecule has 1 saturated carbocycles. The number of amides is 1. The van der Waals surface area contributed by atoms with Crippen molar-refractivity contribution in [2.45, 2.75) is 180 Å². The number of hydrogen-bond donors (Lipinski definition) is 2. The molecule has 3 unspecified atom stereocenters. The van der Waals surface area contributed by atoms with Crippen molar-refractivity contribution < 1.29 is 67.4 Å². The van der Waals surface area contributed by atoms with Crippen molar-refractivity contribution in [2.24, 2.45) is 35.5 Å². The van der Waals surface area contributed by atoms with Gasteiger partial charge in [0.15, 0.2) is 5.78 Å². The molecule has 0 aromatic heterocycles. The van der Waals surface area contributed by atoms with E-state index in [4.69, 9.17) is 28.4 Å². The van der Waals surface area contributed by atoms with Gasteiger partial charge in [0, 0.05) is 58.5 Å². The van der Waals surface area contributed by atoms with Crippen LogP contribution in [0.1, 0.15) is 126 Å². The van der Waals surface area contributed by atoms with Gasteiger partial charge in [-0.1, -0.05) is 71.1 Å². The monoisotopic (exact) mass is 942 g/mol. The fourth-order valence-corrected chi connectivity index (χ4v) is 10.3. The highest BCUT2D eigenvalue weighted by Crippen LogP contribution is 2.38. The number of nitrogens with zero attached hydrogens (tertiary/aromatic N) is 1. The van der Waals surface area contributed by atoms with Crippen LogP contribution in [0.25, 0.3) is 0 Å². The molecule has 0 radical (unpaired) electrons. The van der Waals surface area contributed by atoms with Gasteiger partial charge in [0.25, 0.3) is 18.2 Å². The molecule has 3 aliphatic heterocycles. The average molecular weight is 942 g/mol.